The average molecular weight is 408 g/mol. The van der Waals surface area contributed by atoms with E-state index in [-0.39, 0.29) is 42.1 Å². The van der Waals surface area contributed by atoms with Gasteiger partial charge in [0.15, 0.2) is 0 Å². The lowest BCUT2D eigenvalue weighted by molar-refractivity contribution is -0.121. The number of rotatable bonds is 5. The molecule has 0 bridgehead atoms. The molecule has 0 unspecified atom stereocenters. The number of imide groups is 1. The van der Waals surface area contributed by atoms with Crippen molar-refractivity contribution in [1.82, 2.24) is 10.2 Å². The number of hydrogen-bond acceptors (Lipinski definition) is 7. The summed E-state index contributed by atoms with van der Waals surface area (Å²) in [6.45, 7) is 0. The van der Waals surface area contributed by atoms with Gasteiger partial charge in [0.25, 0.3) is 5.91 Å². The van der Waals surface area contributed by atoms with Crippen LogP contribution >= 0.6 is 11.8 Å². The largest absolute Gasteiger partial charge is 0.403 e. The number of carbonyl (C=O) groups is 3. The van der Waals surface area contributed by atoms with E-state index in [1.54, 1.807) is 30.0 Å². The first kappa shape index (κ1) is 18.9. The molecule has 0 aliphatic carbocycles. The number of amides is 3. The first-order chi connectivity index (χ1) is 14.0. The van der Waals surface area contributed by atoms with Crippen LogP contribution in [-0.2, 0) is 9.59 Å². The summed E-state index contributed by atoms with van der Waals surface area (Å²) in [6.07, 6.45) is 2.34. The molecule has 1 N–H and O–H groups in total. The number of carbonyl (C=O) groups excluding carboxylic acids is 3. The maximum Gasteiger partial charge on any atom is 0.322 e. The van der Waals surface area contributed by atoms with Crippen molar-refractivity contribution in [2.45, 2.75) is 17.7 Å². The highest BCUT2D eigenvalue weighted by atomic mass is 32.2. The van der Waals surface area contributed by atoms with Crippen molar-refractivity contribution in [2.75, 3.05) is 16.5 Å². The molecule has 0 spiro atoms. The molecule has 2 heterocycles. The number of nitrogens with one attached hydrogen (secondary N) is 1. The maximum atomic E-state index is 12.5. The molecule has 9 heteroatoms. The van der Waals surface area contributed by atoms with E-state index >= 15 is 0 Å². The third-order valence-electron chi connectivity index (χ3n) is 4.40. The summed E-state index contributed by atoms with van der Waals surface area (Å²) in [6, 6.07) is 13.8. The Kier molecular flexibility index (Phi) is 5.13. The van der Waals surface area contributed by atoms with Crippen LogP contribution in [0.1, 0.15) is 23.2 Å². The van der Waals surface area contributed by atoms with Gasteiger partial charge in [-0.25, -0.2) is 0 Å². The van der Waals surface area contributed by atoms with Crippen LogP contribution in [0, 0.1) is 0 Å². The second-order valence-electron chi connectivity index (χ2n) is 6.27. The van der Waals surface area contributed by atoms with Crippen molar-refractivity contribution in [1.29, 1.82) is 0 Å². The number of thioether (sulfide) groups is 1. The molecule has 2 aromatic carbocycles. The molecule has 1 saturated heterocycles. The molecule has 3 amide bonds. The molecule has 0 saturated carbocycles. The summed E-state index contributed by atoms with van der Waals surface area (Å²) in [5.74, 6) is -0.753. The summed E-state index contributed by atoms with van der Waals surface area (Å²) in [4.78, 5) is 38.6. The number of aromatic nitrogens is 2. The van der Waals surface area contributed by atoms with Gasteiger partial charge in [0.2, 0.25) is 17.7 Å². The topological polar surface area (TPSA) is 105 Å². The Bertz CT molecular complexity index is 1080. The Morgan fingerprint density at radius 2 is 1.79 bits per heavy atom. The van der Waals surface area contributed by atoms with Gasteiger partial charge in [-0.3, -0.25) is 24.6 Å². The van der Waals surface area contributed by atoms with Crippen molar-refractivity contribution in [2.24, 2.45) is 0 Å². The van der Waals surface area contributed by atoms with E-state index in [1.807, 2.05) is 30.5 Å². The molecule has 8 nitrogen and oxygen atoms in total. The molecule has 1 aliphatic heterocycles. The van der Waals surface area contributed by atoms with Gasteiger partial charge in [-0.2, -0.15) is 0 Å². The van der Waals surface area contributed by atoms with E-state index in [0.717, 1.165) is 15.4 Å². The Hall–Kier alpha value is -3.46. The molecule has 4 rings (SSSR count). The highest BCUT2D eigenvalue weighted by molar-refractivity contribution is 7.98. The van der Waals surface area contributed by atoms with Crippen LogP contribution in [0.3, 0.4) is 0 Å². The minimum Gasteiger partial charge on any atom is -0.403 e. The Labute approximate surface area is 170 Å². The van der Waals surface area contributed by atoms with Gasteiger partial charge < -0.3 is 4.42 Å². The third kappa shape index (κ3) is 3.90. The van der Waals surface area contributed by atoms with Crippen LogP contribution in [0.25, 0.3) is 11.5 Å². The van der Waals surface area contributed by atoms with Gasteiger partial charge in [-0.1, -0.05) is 11.2 Å². The minimum atomic E-state index is -0.487. The number of anilines is 2. The molecule has 29 heavy (non-hydrogen) atoms. The molecule has 0 radical (unpaired) electrons. The lowest BCUT2D eigenvalue weighted by Gasteiger charge is -2.14. The Morgan fingerprint density at radius 3 is 2.48 bits per heavy atom. The monoisotopic (exact) mass is 408 g/mol. The van der Waals surface area contributed by atoms with E-state index in [0.29, 0.717) is 5.69 Å². The fourth-order valence-corrected chi connectivity index (χ4v) is 3.35. The molecular formula is C20H16N4O4S. The van der Waals surface area contributed by atoms with E-state index < -0.39 is 5.91 Å². The van der Waals surface area contributed by atoms with Crippen molar-refractivity contribution in [3.63, 3.8) is 0 Å². The first-order valence-corrected chi connectivity index (χ1v) is 10.0. The first-order valence-electron chi connectivity index (χ1n) is 8.80. The van der Waals surface area contributed by atoms with Crippen LogP contribution in [-0.4, -0.2) is 34.2 Å². The predicted molar refractivity (Wildman–Crippen MR) is 108 cm³/mol. The number of hydrogen-bond donors (Lipinski definition) is 1. The summed E-state index contributed by atoms with van der Waals surface area (Å²) in [7, 11) is 0. The maximum absolute atomic E-state index is 12.5. The smallest absolute Gasteiger partial charge is 0.322 e. The standard InChI is InChI=1S/C20H16N4O4S/c1-29-15-7-5-12(6-8-15)19-22-23-20(28-19)21-18(27)13-3-2-4-14(11-13)24-16(25)9-10-17(24)26/h2-8,11H,9-10H2,1H3,(H,21,23,27). The van der Waals surface area contributed by atoms with E-state index in [9.17, 15) is 14.4 Å². The van der Waals surface area contributed by atoms with Crippen LogP contribution in [0.2, 0.25) is 0 Å². The average Bonchev–Trinajstić information content (AvgIpc) is 3.34. The summed E-state index contributed by atoms with van der Waals surface area (Å²) in [5.41, 5.74) is 1.37. The molecule has 0 atom stereocenters. The lowest BCUT2D eigenvalue weighted by Crippen LogP contribution is -2.28. The molecule has 1 fully saturated rings. The quantitative estimate of drug-likeness (QED) is 0.510. The zero-order valence-corrected chi connectivity index (χ0v) is 16.2. The Balaban J connectivity index is 1.50. The molecule has 1 aliphatic rings. The zero-order valence-electron chi connectivity index (χ0n) is 15.4. The molecule has 146 valence electrons. The number of benzene rings is 2. The highest BCUT2D eigenvalue weighted by Crippen LogP contribution is 2.25. The van der Waals surface area contributed by atoms with E-state index in [1.165, 1.54) is 6.07 Å². The van der Waals surface area contributed by atoms with Gasteiger partial charge in [0.1, 0.15) is 0 Å². The lowest BCUT2D eigenvalue weighted by atomic mass is 10.2. The Morgan fingerprint density at radius 1 is 1.07 bits per heavy atom. The van der Waals surface area contributed by atoms with Crippen molar-refractivity contribution < 1.29 is 18.8 Å². The van der Waals surface area contributed by atoms with Crippen molar-refractivity contribution in [3.05, 3.63) is 54.1 Å². The van der Waals surface area contributed by atoms with Crippen LogP contribution in [0.15, 0.2) is 57.8 Å². The molecule has 3 aromatic rings. The fraction of sp³-hybridized carbons (Fsp3) is 0.150. The second kappa shape index (κ2) is 7.88. The van der Waals surface area contributed by atoms with Gasteiger partial charge >= 0.3 is 6.01 Å². The van der Waals surface area contributed by atoms with Gasteiger partial charge in [-0.15, -0.1) is 16.9 Å². The highest BCUT2D eigenvalue weighted by Gasteiger charge is 2.30. The number of nitrogens with zero attached hydrogens (tertiary/aromatic N) is 3. The molecule has 1 aromatic heterocycles. The van der Waals surface area contributed by atoms with Crippen molar-refractivity contribution in [3.8, 4) is 11.5 Å². The van der Waals surface area contributed by atoms with Gasteiger partial charge in [0.05, 0.1) is 5.69 Å². The second-order valence-corrected chi connectivity index (χ2v) is 7.15. The van der Waals surface area contributed by atoms with Gasteiger partial charge in [-0.05, 0) is 48.7 Å². The van der Waals surface area contributed by atoms with E-state index in [4.69, 9.17) is 4.42 Å². The van der Waals surface area contributed by atoms with Gasteiger partial charge in [0, 0.05) is 28.9 Å². The summed E-state index contributed by atoms with van der Waals surface area (Å²) in [5, 5.41) is 10.3. The normalized spacial score (nSPS) is 13.8. The van der Waals surface area contributed by atoms with Crippen molar-refractivity contribution >= 4 is 41.2 Å². The van der Waals surface area contributed by atoms with Crippen LogP contribution in [0.5, 0.6) is 0 Å². The minimum absolute atomic E-state index is 0.0438. The third-order valence-corrected chi connectivity index (χ3v) is 5.14. The van der Waals surface area contributed by atoms with Crippen LogP contribution in [0.4, 0.5) is 11.7 Å². The summed E-state index contributed by atoms with van der Waals surface area (Å²) >= 11 is 1.63. The predicted octanol–water partition coefficient (Wildman–Crippen LogP) is 3.36. The SMILES string of the molecule is CSc1ccc(-c2nnc(NC(=O)c3cccc(N4C(=O)CCC4=O)c3)o2)cc1. The molecular weight excluding hydrogens is 392 g/mol. The van der Waals surface area contributed by atoms with E-state index in [2.05, 4.69) is 15.5 Å². The fourth-order valence-electron chi connectivity index (χ4n) is 2.94. The zero-order chi connectivity index (χ0) is 20.4. The summed E-state index contributed by atoms with van der Waals surface area (Å²) < 4.78 is 5.52. The van der Waals surface area contributed by atoms with Crippen LogP contribution < -0.4 is 10.2 Å².